The number of amides is 3. The molecule has 5 heterocycles. The number of alkyl halides is 3. The van der Waals surface area contributed by atoms with Crippen LogP contribution < -0.4 is 11.1 Å². The first-order chi connectivity index (χ1) is 24.8. The molecule has 3 aliphatic rings. The lowest BCUT2D eigenvalue weighted by atomic mass is 9.96. The number of hydrogen-bond donors (Lipinski definition) is 2. The highest BCUT2D eigenvalue weighted by Gasteiger charge is 2.72. The van der Waals surface area contributed by atoms with Crippen LogP contribution in [0.4, 0.5) is 19.0 Å². The van der Waals surface area contributed by atoms with E-state index in [9.17, 15) is 27.6 Å². The third-order valence-electron chi connectivity index (χ3n) is 10.9. The van der Waals surface area contributed by atoms with Crippen LogP contribution in [0, 0.1) is 25.2 Å². The average molecular weight is 719 g/mol. The highest BCUT2D eigenvalue weighted by molar-refractivity contribution is 6.06. The molecule has 1 saturated carbocycles. The number of aryl methyl sites for hydroxylation is 3. The Morgan fingerprint density at radius 1 is 1.04 bits per heavy atom. The number of anilines is 1. The van der Waals surface area contributed by atoms with Crippen molar-refractivity contribution in [2.45, 2.75) is 90.5 Å². The Kier molecular flexibility index (Phi) is 9.26. The van der Waals surface area contributed by atoms with Gasteiger partial charge in [0.1, 0.15) is 29.9 Å². The van der Waals surface area contributed by atoms with Crippen LogP contribution in [-0.2, 0) is 33.5 Å². The first-order valence-corrected chi connectivity index (χ1v) is 17.7. The SMILES string of the molecule is Cc1ncc(-c2cc3c4c(c2)c(C(N)=O)nn4CC(=O)N2C4C(C)[C@]4(COCCCCCCC3)C[C@H]2C(=O)Nc2nc(C(F)(F)F)ccc2C)cn1. The van der Waals surface area contributed by atoms with Crippen LogP contribution >= 0.6 is 0 Å². The monoisotopic (exact) mass is 718 g/mol. The molecule has 2 unspecified atom stereocenters. The highest BCUT2D eigenvalue weighted by Crippen LogP contribution is 2.64. The fourth-order valence-electron chi connectivity index (χ4n) is 8.11. The second-order valence-electron chi connectivity index (χ2n) is 14.3. The van der Waals surface area contributed by atoms with E-state index in [1.54, 1.807) is 31.1 Å². The van der Waals surface area contributed by atoms with Gasteiger partial charge in [0, 0.05) is 41.4 Å². The number of nitrogens with two attached hydrogens (primary N) is 1. The largest absolute Gasteiger partial charge is 0.433 e. The zero-order valence-electron chi connectivity index (χ0n) is 29.3. The molecule has 2 bridgehead atoms. The van der Waals surface area contributed by atoms with Gasteiger partial charge in [-0.1, -0.05) is 32.3 Å². The molecule has 0 spiro atoms. The summed E-state index contributed by atoms with van der Waals surface area (Å²) in [5.74, 6) is -1.40. The topological polar surface area (TPSA) is 158 Å². The minimum Gasteiger partial charge on any atom is -0.381 e. The van der Waals surface area contributed by atoms with Gasteiger partial charge in [-0.2, -0.15) is 18.3 Å². The molecule has 0 radical (unpaired) electrons. The summed E-state index contributed by atoms with van der Waals surface area (Å²) in [6.45, 7) is 5.96. The quantitative estimate of drug-likeness (QED) is 0.284. The molecule has 2 fully saturated rings. The molecule has 274 valence electrons. The van der Waals surface area contributed by atoms with E-state index in [1.807, 2.05) is 19.1 Å². The molecule has 4 atom stereocenters. The van der Waals surface area contributed by atoms with Gasteiger partial charge in [-0.05, 0) is 80.3 Å². The number of primary amides is 1. The summed E-state index contributed by atoms with van der Waals surface area (Å²) in [6.07, 6.45) is 4.32. The molecule has 3 N–H and O–H groups in total. The lowest BCUT2D eigenvalue weighted by Gasteiger charge is -2.28. The molecular weight excluding hydrogens is 677 g/mol. The summed E-state index contributed by atoms with van der Waals surface area (Å²) in [6, 6.07) is 4.59. The van der Waals surface area contributed by atoms with Crippen LogP contribution in [0.3, 0.4) is 0 Å². The molecule has 1 aliphatic carbocycles. The van der Waals surface area contributed by atoms with Gasteiger partial charge in [-0.25, -0.2) is 15.0 Å². The van der Waals surface area contributed by atoms with Gasteiger partial charge in [0.05, 0.1) is 12.1 Å². The van der Waals surface area contributed by atoms with Crippen molar-refractivity contribution in [3.8, 4) is 11.1 Å². The number of rotatable bonds is 4. The first-order valence-electron chi connectivity index (χ1n) is 17.7. The third-order valence-corrected chi connectivity index (χ3v) is 10.9. The van der Waals surface area contributed by atoms with Crippen molar-refractivity contribution in [1.82, 2.24) is 29.6 Å². The van der Waals surface area contributed by atoms with E-state index in [2.05, 4.69) is 25.4 Å². The van der Waals surface area contributed by atoms with Crippen molar-refractivity contribution in [1.29, 1.82) is 0 Å². The molecule has 1 aromatic carbocycles. The molecule has 2 aliphatic heterocycles. The summed E-state index contributed by atoms with van der Waals surface area (Å²) < 4.78 is 48.2. The number of aromatic nitrogens is 5. The fraction of sp³-hybridized carbons (Fsp3) is 0.486. The van der Waals surface area contributed by atoms with Crippen LogP contribution in [0.2, 0.25) is 0 Å². The van der Waals surface area contributed by atoms with Gasteiger partial charge in [0.15, 0.2) is 5.69 Å². The predicted molar refractivity (Wildman–Crippen MR) is 185 cm³/mol. The Morgan fingerprint density at radius 2 is 1.77 bits per heavy atom. The Morgan fingerprint density at radius 3 is 2.50 bits per heavy atom. The van der Waals surface area contributed by atoms with Crippen LogP contribution in [-0.4, -0.2) is 72.7 Å². The van der Waals surface area contributed by atoms with Crippen molar-refractivity contribution in [3.05, 3.63) is 65.0 Å². The number of carbonyl (C=O) groups excluding carboxylic acids is 3. The van der Waals surface area contributed by atoms with Crippen LogP contribution in [0.5, 0.6) is 0 Å². The predicted octanol–water partition coefficient (Wildman–Crippen LogP) is 5.39. The number of nitrogens with zero attached hydrogens (tertiary/aromatic N) is 6. The molecule has 7 rings (SSSR count). The van der Waals surface area contributed by atoms with E-state index in [1.165, 1.54) is 10.7 Å². The highest BCUT2D eigenvalue weighted by atomic mass is 19.4. The second kappa shape index (κ2) is 13.6. The van der Waals surface area contributed by atoms with E-state index in [4.69, 9.17) is 10.5 Å². The van der Waals surface area contributed by atoms with E-state index < -0.39 is 41.0 Å². The normalized spacial score (nSPS) is 24.0. The van der Waals surface area contributed by atoms with Crippen molar-refractivity contribution >= 4 is 34.4 Å². The molecule has 3 amide bonds. The van der Waals surface area contributed by atoms with E-state index in [0.717, 1.165) is 54.9 Å². The van der Waals surface area contributed by atoms with Gasteiger partial charge >= 0.3 is 6.18 Å². The Labute approximate surface area is 298 Å². The molecule has 4 aromatic rings. The molecule has 15 heteroatoms. The average Bonchev–Trinajstić information content (AvgIpc) is 3.35. The third kappa shape index (κ3) is 6.50. The number of halogens is 3. The van der Waals surface area contributed by atoms with Crippen molar-refractivity contribution in [2.75, 3.05) is 18.5 Å². The Hall–Kier alpha value is -4.92. The molecule has 3 aromatic heterocycles. The van der Waals surface area contributed by atoms with Gasteiger partial charge in [-0.15, -0.1) is 0 Å². The Bertz CT molecular complexity index is 2050. The van der Waals surface area contributed by atoms with Gasteiger partial charge in [0.25, 0.3) is 5.91 Å². The maximum Gasteiger partial charge on any atom is 0.433 e. The van der Waals surface area contributed by atoms with Gasteiger partial charge in [-0.3, -0.25) is 19.1 Å². The lowest BCUT2D eigenvalue weighted by Crippen LogP contribution is -2.47. The standard InChI is InChI=1S/C37H41F3N8O4/c1-20-10-11-28(37(38,39)40)44-34(20)45-35(51)27-15-36-19-52-12-8-6-4-5-7-9-23-13-24(25-16-42-22(3)43-17-25)14-26-30(33(41)50)46-47(31(23)26)18-29(49)48(27)32(36)21(36)2/h10-11,13-14,16-17,21,27,32H,4-9,12,15,18-19H2,1-3H3,(H2,41,50)(H,44,45,51)/t21?,27-,32?,36+/m0/s1. The van der Waals surface area contributed by atoms with Gasteiger partial charge < -0.3 is 20.7 Å². The summed E-state index contributed by atoms with van der Waals surface area (Å²) in [5, 5.41) is 7.67. The number of hydrogen-bond acceptors (Lipinski definition) is 8. The minimum atomic E-state index is -4.70. The van der Waals surface area contributed by atoms with Crippen LogP contribution in [0.25, 0.3) is 22.0 Å². The number of benzene rings is 1. The van der Waals surface area contributed by atoms with E-state index in [0.29, 0.717) is 41.9 Å². The Balaban J connectivity index is 1.28. The number of pyridine rings is 1. The molecule has 1 saturated heterocycles. The first kappa shape index (κ1) is 35.5. The molecule has 52 heavy (non-hydrogen) atoms. The second-order valence-corrected chi connectivity index (χ2v) is 14.3. The van der Waals surface area contributed by atoms with Crippen LogP contribution in [0.15, 0.2) is 36.7 Å². The number of ether oxygens (including phenoxy) is 1. The maximum absolute atomic E-state index is 14.5. The summed E-state index contributed by atoms with van der Waals surface area (Å²) in [7, 11) is 0. The van der Waals surface area contributed by atoms with Crippen molar-refractivity contribution in [3.63, 3.8) is 0 Å². The number of piperidine rings is 1. The number of nitrogens with one attached hydrogen (secondary N) is 1. The lowest BCUT2D eigenvalue weighted by molar-refractivity contribution is -0.141. The van der Waals surface area contributed by atoms with Crippen molar-refractivity contribution < 1.29 is 32.3 Å². The van der Waals surface area contributed by atoms with Crippen LogP contribution in [0.1, 0.15) is 78.6 Å². The smallest absolute Gasteiger partial charge is 0.381 e. The van der Waals surface area contributed by atoms with E-state index >= 15 is 0 Å². The number of carbonyl (C=O) groups is 3. The van der Waals surface area contributed by atoms with Crippen molar-refractivity contribution in [2.24, 2.45) is 17.1 Å². The summed E-state index contributed by atoms with van der Waals surface area (Å²) in [5.41, 5.74) is 7.60. The fourth-order valence-corrected chi connectivity index (χ4v) is 8.11. The van der Waals surface area contributed by atoms with Gasteiger partial charge in [0.2, 0.25) is 11.8 Å². The molecular formula is C37H41F3N8O4. The molecule has 12 nitrogen and oxygen atoms in total. The zero-order valence-corrected chi connectivity index (χ0v) is 29.3. The zero-order chi connectivity index (χ0) is 36.9. The van der Waals surface area contributed by atoms with E-state index in [-0.39, 0.29) is 36.4 Å². The summed E-state index contributed by atoms with van der Waals surface area (Å²) >= 11 is 0. The minimum absolute atomic E-state index is 0.0117. The maximum atomic E-state index is 14.5. The summed E-state index contributed by atoms with van der Waals surface area (Å²) in [4.78, 5) is 55.2.